The molecule has 2 N–H and O–H groups in total. The van der Waals surface area contributed by atoms with Crippen LogP contribution in [0.25, 0.3) is 0 Å². The fraction of sp³-hybridized carbons (Fsp3) is 0.429. The third-order valence-electron chi connectivity index (χ3n) is 8.50. The largest absolute Gasteiger partial charge is 0.491 e. The van der Waals surface area contributed by atoms with Gasteiger partial charge in [0.15, 0.2) is 11.5 Å². The lowest BCUT2D eigenvalue weighted by Gasteiger charge is -2.27. The van der Waals surface area contributed by atoms with Gasteiger partial charge in [0.05, 0.1) is 32.3 Å². The highest BCUT2D eigenvalue weighted by Crippen LogP contribution is 2.47. The van der Waals surface area contributed by atoms with E-state index in [-0.39, 0.29) is 25.1 Å². The number of aryl methyl sites for hydroxylation is 2. The van der Waals surface area contributed by atoms with E-state index in [9.17, 15) is 19.1 Å². The molecule has 46 heavy (non-hydrogen) atoms. The van der Waals surface area contributed by atoms with Gasteiger partial charge >= 0.3 is 5.97 Å². The van der Waals surface area contributed by atoms with Gasteiger partial charge in [-0.3, -0.25) is 14.5 Å². The number of methoxy groups -OCH3 is 1. The minimum Gasteiger partial charge on any atom is -0.491 e. The molecule has 0 saturated carbocycles. The molecule has 2 heterocycles. The second kappa shape index (κ2) is 15.4. The van der Waals surface area contributed by atoms with Crippen LogP contribution < -0.4 is 19.5 Å². The number of ether oxygens (including phenoxy) is 5. The monoisotopic (exact) mass is 636 g/mol. The molecule has 0 spiro atoms. The van der Waals surface area contributed by atoms with E-state index in [0.717, 1.165) is 11.1 Å². The van der Waals surface area contributed by atoms with Gasteiger partial charge in [-0.1, -0.05) is 32.0 Å². The Morgan fingerprint density at radius 1 is 0.935 bits per heavy atom. The SMILES string of the molecule is CCc1cc(F)cc(CC)c1NC(=O)CN1C[C@H](c2ccc3c(c2)OCO3)C(C(=O)O)[C@@H]1c1ccc(OCCOCCOC)cc1. The molecule has 5 rings (SSSR count). The Bertz CT molecular complexity index is 1490. The molecule has 3 aromatic carbocycles. The van der Waals surface area contributed by atoms with E-state index < -0.39 is 23.8 Å². The van der Waals surface area contributed by atoms with Crippen molar-refractivity contribution in [1.82, 2.24) is 4.90 Å². The number of aliphatic carboxylic acids is 1. The maximum Gasteiger partial charge on any atom is 0.309 e. The summed E-state index contributed by atoms with van der Waals surface area (Å²) < 4.78 is 41.5. The fourth-order valence-electron chi connectivity index (χ4n) is 6.30. The van der Waals surface area contributed by atoms with Crippen molar-refractivity contribution in [3.05, 3.63) is 82.7 Å². The van der Waals surface area contributed by atoms with Crippen LogP contribution in [0.3, 0.4) is 0 Å². The zero-order valence-corrected chi connectivity index (χ0v) is 26.4. The van der Waals surface area contributed by atoms with Crippen molar-refractivity contribution in [2.75, 3.05) is 58.7 Å². The Kier molecular flexibility index (Phi) is 11.1. The van der Waals surface area contributed by atoms with Crippen molar-refractivity contribution in [2.24, 2.45) is 5.92 Å². The third kappa shape index (κ3) is 7.60. The Morgan fingerprint density at radius 2 is 1.61 bits per heavy atom. The molecule has 3 aromatic rings. The van der Waals surface area contributed by atoms with Crippen LogP contribution in [-0.4, -0.2) is 75.3 Å². The number of fused-ring (bicyclic) bond motifs is 1. The molecule has 10 nitrogen and oxygen atoms in total. The van der Waals surface area contributed by atoms with E-state index in [4.69, 9.17) is 23.7 Å². The van der Waals surface area contributed by atoms with Gasteiger partial charge in [0, 0.05) is 31.3 Å². The Hall–Kier alpha value is -4.19. The maximum atomic E-state index is 14.2. The topological polar surface area (TPSA) is 116 Å². The second-order valence-electron chi connectivity index (χ2n) is 11.3. The van der Waals surface area contributed by atoms with Crippen molar-refractivity contribution < 1.29 is 42.8 Å². The molecule has 1 fully saturated rings. The zero-order chi connectivity index (χ0) is 32.6. The Labute approximate surface area is 268 Å². The summed E-state index contributed by atoms with van der Waals surface area (Å²) in [6.07, 6.45) is 1.10. The molecule has 2 aliphatic heterocycles. The predicted molar refractivity (Wildman–Crippen MR) is 169 cm³/mol. The number of benzene rings is 3. The molecular formula is C35H41FN2O8. The quantitative estimate of drug-likeness (QED) is 0.217. The van der Waals surface area contributed by atoms with E-state index in [2.05, 4.69) is 5.32 Å². The van der Waals surface area contributed by atoms with Crippen molar-refractivity contribution in [3.63, 3.8) is 0 Å². The third-order valence-corrected chi connectivity index (χ3v) is 8.50. The molecule has 0 radical (unpaired) electrons. The standard InChI is InChI=1S/C35H41FN2O8/c1-4-22-16-26(36)17-23(5-2)33(22)37-31(39)20-38-19-28(25-8-11-29-30(18-25)46-21-45-29)32(35(40)41)34(38)24-6-9-27(10-7-24)44-15-14-43-13-12-42-3/h6-11,16-18,28,32,34H,4-5,12-15,19-21H2,1-3H3,(H,37,39)(H,40,41)/t28-,32?,34+/m1/s1. The van der Waals surface area contributed by atoms with E-state index in [1.807, 2.05) is 43.0 Å². The summed E-state index contributed by atoms with van der Waals surface area (Å²) in [4.78, 5) is 28.5. The summed E-state index contributed by atoms with van der Waals surface area (Å²) in [5.74, 6) is -1.11. The van der Waals surface area contributed by atoms with Gasteiger partial charge in [0.25, 0.3) is 0 Å². The average Bonchev–Trinajstić information content (AvgIpc) is 3.68. The van der Waals surface area contributed by atoms with E-state index in [1.165, 1.54) is 12.1 Å². The van der Waals surface area contributed by atoms with Crippen LogP contribution in [0.15, 0.2) is 54.6 Å². The number of carboxylic acid groups (broad SMARTS) is 1. The van der Waals surface area contributed by atoms with Gasteiger partial charge in [-0.15, -0.1) is 0 Å². The molecule has 246 valence electrons. The van der Waals surface area contributed by atoms with Crippen LogP contribution in [0.2, 0.25) is 0 Å². The number of rotatable bonds is 15. The van der Waals surface area contributed by atoms with Crippen LogP contribution in [0.5, 0.6) is 17.2 Å². The van der Waals surface area contributed by atoms with Gasteiger partial charge in [0.1, 0.15) is 18.2 Å². The van der Waals surface area contributed by atoms with Crippen LogP contribution in [0.1, 0.15) is 48.1 Å². The summed E-state index contributed by atoms with van der Waals surface area (Å²) in [6.45, 7) is 5.93. The van der Waals surface area contributed by atoms with Crippen molar-refractivity contribution >= 4 is 17.6 Å². The van der Waals surface area contributed by atoms with Gasteiger partial charge < -0.3 is 34.1 Å². The first-order valence-electron chi connectivity index (χ1n) is 15.6. The molecule has 0 bridgehead atoms. The minimum absolute atomic E-state index is 0.0593. The normalized spacial score (nSPS) is 18.9. The first-order chi connectivity index (χ1) is 22.3. The number of nitrogens with one attached hydrogen (secondary N) is 1. The Balaban J connectivity index is 1.41. The van der Waals surface area contributed by atoms with E-state index >= 15 is 0 Å². The number of hydrogen-bond acceptors (Lipinski definition) is 8. The summed E-state index contributed by atoms with van der Waals surface area (Å²) in [5, 5.41) is 13.6. The van der Waals surface area contributed by atoms with Gasteiger partial charge in [0.2, 0.25) is 12.7 Å². The number of carboxylic acids is 1. The molecule has 11 heteroatoms. The van der Waals surface area contributed by atoms with E-state index in [0.29, 0.717) is 79.9 Å². The first kappa shape index (κ1) is 33.2. The lowest BCUT2D eigenvalue weighted by molar-refractivity contribution is -0.143. The number of carbonyl (C=O) groups is 2. The van der Waals surface area contributed by atoms with E-state index in [1.54, 1.807) is 25.3 Å². The van der Waals surface area contributed by atoms with Crippen molar-refractivity contribution in [1.29, 1.82) is 0 Å². The lowest BCUT2D eigenvalue weighted by Crippen LogP contribution is -2.35. The summed E-state index contributed by atoms with van der Waals surface area (Å²) in [7, 11) is 1.61. The van der Waals surface area contributed by atoms with Crippen LogP contribution in [-0.2, 0) is 31.9 Å². The lowest BCUT2D eigenvalue weighted by atomic mass is 9.82. The predicted octanol–water partition coefficient (Wildman–Crippen LogP) is 5.20. The molecule has 3 atom stereocenters. The second-order valence-corrected chi connectivity index (χ2v) is 11.3. The van der Waals surface area contributed by atoms with Crippen molar-refractivity contribution in [2.45, 2.75) is 38.6 Å². The van der Waals surface area contributed by atoms with Gasteiger partial charge in [-0.2, -0.15) is 0 Å². The van der Waals surface area contributed by atoms with Crippen molar-refractivity contribution in [3.8, 4) is 17.2 Å². The number of amides is 1. The molecule has 2 aliphatic rings. The highest BCUT2D eigenvalue weighted by Gasteiger charge is 2.48. The highest BCUT2D eigenvalue weighted by atomic mass is 19.1. The number of nitrogens with zero attached hydrogens (tertiary/aromatic N) is 1. The minimum atomic E-state index is -0.968. The summed E-state index contributed by atoms with van der Waals surface area (Å²) in [5.41, 5.74) is 3.58. The number of halogens is 1. The number of hydrogen-bond donors (Lipinski definition) is 2. The molecule has 0 aliphatic carbocycles. The first-order valence-corrected chi connectivity index (χ1v) is 15.6. The number of likely N-dealkylation sites (tertiary alicyclic amines) is 1. The van der Waals surface area contributed by atoms with Crippen LogP contribution in [0.4, 0.5) is 10.1 Å². The number of carbonyl (C=O) groups excluding carboxylic acids is 1. The zero-order valence-electron chi connectivity index (χ0n) is 26.4. The molecule has 1 saturated heterocycles. The molecule has 1 amide bonds. The average molecular weight is 637 g/mol. The number of anilines is 1. The van der Waals surface area contributed by atoms with Gasteiger partial charge in [-0.25, -0.2) is 4.39 Å². The summed E-state index contributed by atoms with van der Waals surface area (Å²) >= 11 is 0. The molecule has 0 aromatic heterocycles. The maximum absolute atomic E-state index is 14.2. The van der Waals surface area contributed by atoms with Crippen LogP contribution in [0, 0.1) is 11.7 Å². The fourth-order valence-corrected chi connectivity index (χ4v) is 6.30. The Morgan fingerprint density at radius 3 is 2.28 bits per heavy atom. The van der Waals surface area contributed by atoms with Gasteiger partial charge in [-0.05, 0) is 71.5 Å². The highest BCUT2D eigenvalue weighted by molar-refractivity contribution is 5.94. The van der Waals surface area contributed by atoms with Crippen LogP contribution >= 0.6 is 0 Å². The molecule has 1 unspecified atom stereocenters. The summed E-state index contributed by atoms with van der Waals surface area (Å²) in [6, 6.07) is 15.0. The smallest absolute Gasteiger partial charge is 0.309 e. The molecular weight excluding hydrogens is 595 g/mol.